The summed E-state index contributed by atoms with van der Waals surface area (Å²) in [6.07, 6.45) is 9.68. The molecule has 2 atom stereocenters. The molecule has 1 aromatic carbocycles. The highest BCUT2D eigenvalue weighted by Gasteiger charge is 2.31. The number of carbonyl (C=O) groups excluding carboxylic acids is 1. The maximum absolute atomic E-state index is 10.9. The maximum atomic E-state index is 10.9. The van der Waals surface area contributed by atoms with Crippen LogP contribution in [0.2, 0.25) is 0 Å². The van der Waals surface area contributed by atoms with Gasteiger partial charge in [-0.25, -0.2) is 4.98 Å². The zero-order chi connectivity index (χ0) is 22.6. The zero-order valence-corrected chi connectivity index (χ0v) is 19.6. The van der Waals surface area contributed by atoms with E-state index in [1.807, 2.05) is 6.07 Å². The van der Waals surface area contributed by atoms with Crippen molar-refractivity contribution in [1.29, 1.82) is 0 Å². The first-order chi connectivity index (χ1) is 16.3. The van der Waals surface area contributed by atoms with Crippen LogP contribution in [0.1, 0.15) is 56.1 Å². The van der Waals surface area contributed by atoms with Crippen molar-refractivity contribution in [1.82, 2.24) is 9.88 Å². The summed E-state index contributed by atoms with van der Waals surface area (Å²) in [6.45, 7) is 4.75. The molecule has 7 nitrogen and oxygen atoms in total. The minimum atomic E-state index is -0.0811. The maximum Gasteiger partial charge on any atom is 0.293 e. The summed E-state index contributed by atoms with van der Waals surface area (Å²) >= 11 is 0. The molecular formula is C26H35N3O4. The number of likely N-dealkylation sites (tertiary alicyclic amines) is 1. The third-order valence-corrected chi connectivity index (χ3v) is 7.42. The van der Waals surface area contributed by atoms with Gasteiger partial charge in [0.05, 0.1) is 25.3 Å². The molecule has 1 saturated carbocycles. The smallest absolute Gasteiger partial charge is 0.293 e. The van der Waals surface area contributed by atoms with Gasteiger partial charge in [0.1, 0.15) is 11.9 Å². The fourth-order valence-corrected chi connectivity index (χ4v) is 5.74. The minimum absolute atomic E-state index is 0.0811. The highest BCUT2D eigenvalue weighted by atomic mass is 16.5. The summed E-state index contributed by atoms with van der Waals surface area (Å²) in [5, 5.41) is 4.78. The lowest BCUT2D eigenvalue weighted by Crippen LogP contribution is -2.31. The molecule has 5 rings (SSSR count). The number of nitrogens with zero attached hydrogens (tertiary/aromatic N) is 2. The van der Waals surface area contributed by atoms with Crippen molar-refractivity contribution in [2.24, 2.45) is 0 Å². The van der Waals surface area contributed by atoms with E-state index < -0.39 is 0 Å². The Morgan fingerprint density at radius 1 is 1.09 bits per heavy atom. The number of anilines is 1. The molecule has 1 N–H and O–H groups in total. The van der Waals surface area contributed by atoms with Gasteiger partial charge < -0.3 is 24.4 Å². The van der Waals surface area contributed by atoms with Crippen LogP contribution >= 0.6 is 0 Å². The number of pyridine rings is 1. The Hall–Kier alpha value is -2.54. The Balaban J connectivity index is 1.38. The standard InChI is InChI=1S/C26H35N3O4/c1-31-24-15-20-18-7-4-8-19(18)26(27-21-9-5-10-23(21)33-17-30)28-22(20)16-25(24)32-14-6-13-29-11-2-3-12-29/h15-17,21,23H,2-14H2,1H3,(H,27,28). The molecule has 0 radical (unpaired) electrons. The Bertz CT molecular complexity index is 989. The number of carbonyl (C=O) groups is 1. The second kappa shape index (κ2) is 10.2. The predicted octanol–water partition coefficient (Wildman–Crippen LogP) is 4.10. The van der Waals surface area contributed by atoms with E-state index in [0.717, 1.165) is 79.7 Å². The molecule has 2 fully saturated rings. The second-order valence-electron chi connectivity index (χ2n) is 9.49. The van der Waals surface area contributed by atoms with Crippen LogP contribution in [0, 0.1) is 0 Å². The highest BCUT2D eigenvalue weighted by Crippen LogP contribution is 2.40. The van der Waals surface area contributed by atoms with E-state index >= 15 is 0 Å². The van der Waals surface area contributed by atoms with Gasteiger partial charge in [-0.05, 0) is 88.1 Å². The largest absolute Gasteiger partial charge is 0.493 e. The van der Waals surface area contributed by atoms with Crippen LogP contribution in [0.4, 0.5) is 5.82 Å². The van der Waals surface area contributed by atoms with E-state index in [1.165, 1.54) is 37.1 Å². The number of rotatable bonds is 10. The molecule has 33 heavy (non-hydrogen) atoms. The van der Waals surface area contributed by atoms with Gasteiger partial charge in [-0.15, -0.1) is 0 Å². The lowest BCUT2D eigenvalue weighted by atomic mass is 10.0. The first-order valence-corrected chi connectivity index (χ1v) is 12.5. The van der Waals surface area contributed by atoms with Gasteiger partial charge in [0, 0.05) is 18.0 Å². The fraction of sp³-hybridized carbons (Fsp3) is 0.615. The number of hydrogen-bond donors (Lipinski definition) is 1. The van der Waals surface area contributed by atoms with Crippen LogP contribution in [-0.4, -0.2) is 61.9 Å². The highest BCUT2D eigenvalue weighted by molar-refractivity contribution is 5.89. The van der Waals surface area contributed by atoms with Gasteiger partial charge in [-0.3, -0.25) is 4.79 Å². The number of aryl methyl sites for hydroxylation is 1. The van der Waals surface area contributed by atoms with Gasteiger partial charge in [0.15, 0.2) is 11.5 Å². The van der Waals surface area contributed by atoms with Crippen LogP contribution in [-0.2, 0) is 22.4 Å². The minimum Gasteiger partial charge on any atom is -0.493 e. The third kappa shape index (κ3) is 4.74. The molecule has 2 unspecified atom stereocenters. The molecular weight excluding hydrogens is 418 g/mol. The molecule has 0 amide bonds. The van der Waals surface area contributed by atoms with Crippen LogP contribution in [0.25, 0.3) is 10.9 Å². The Morgan fingerprint density at radius 3 is 2.76 bits per heavy atom. The van der Waals surface area contributed by atoms with Crippen LogP contribution < -0.4 is 14.8 Å². The van der Waals surface area contributed by atoms with E-state index in [4.69, 9.17) is 19.2 Å². The quantitative estimate of drug-likeness (QED) is 0.429. The number of nitrogens with one attached hydrogen (secondary N) is 1. The van der Waals surface area contributed by atoms with Crippen molar-refractivity contribution in [3.05, 3.63) is 23.3 Å². The molecule has 2 aromatic rings. The average Bonchev–Trinajstić information content (AvgIpc) is 3.59. The van der Waals surface area contributed by atoms with Gasteiger partial charge in [0.25, 0.3) is 6.47 Å². The van der Waals surface area contributed by atoms with Crippen LogP contribution in [0.5, 0.6) is 11.5 Å². The average molecular weight is 454 g/mol. The lowest BCUT2D eigenvalue weighted by Gasteiger charge is -2.22. The number of fused-ring (bicyclic) bond motifs is 3. The predicted molar refractivity (Wildman–Crippen MR) is 128 cm³/mol. The van der Waals surface area contributed by atoms with E-state index in [-0.39, 0.29) is 12.1 Å². The van der Waals surface area contributed by atoms with Gasteiger partial charge in [-0.1, -0.05) is 0 Å². The number of aromatic nitrogens is 1. The van der Waals surface area contributed by atoms with Crippen LogP contribution in [0.15, 0.2) is 12.1 Å². The van der Waals surface area contributed by atoms with Gasteiger partial charge >= 0.3 is 0 Å². The number of hydrogen-bond acceptors (Lipinski definition) is 7. The second-order valence-corrected chi connectivity index (χ2v) is 9.49. The summed E-state index contributed by atoms with van der Waals surface area (Å²) in [6, 6.07) is 4.24. The Morgan fingerprint density at radius 2 is 1.94 bits per heavy atom. The molecule has 1 saturated heterocycles. The summed E-state index contributed by atoms with van der Waals surface area (Å²) in [4.78, 5) is 18.4. The third-order valence-electron chi connectivity index (χ3n) is 7.42. The van der Waals surface area contributed by atoms with Gasteiger partial charge in [-0.2, -0.15) is 0 Å². The molecule has 2 heterocycles. The zero-order valence-electron chi connectivity index (χ0n) is 19.6. The van der Waals surface area contributed by atoms with Gasteiger partial charge in [0.2, 0.25) is 0 Å². The van der Waals surface area contributed by atoms with Crippen molar-refractivity contribution in [3.8, 4) is 11.5 Å². The molecule has 0 spiro atoms. The van der Waals surface area contributed by atoms with E-state index in [1.54, 1.807) is 7.11 Å². The van der Waals surface area contributed by atoms with Crippen molar-refractivity contribution in [2.75, 3.05) is 38.7 Å². The fourth-order valence-electron chi connectivity index (χ4n) is 5.74. The van der Waals surface area contributed by atoms with E-state index in [0.29, 0.717) is 13.1 Å². The number of methoxy groups -OCH3 is 1. The van der Waals surface area contributed by atoms with E-state index in [2.05, 4.69) is 16.3 Å². The molecule has 1 aliphatic heterocycles. The Labute approximate surface area is 195 Å². The first-order valence-electron chi connectivity index (χ1n) is 12.5. The van der Waals surface area contributed by atoms with Crippen molar-refractivity contribution in [3.63, 3.8) is 0 Å². The molecule has 1 aromatic heterocycles. The summed E-state index contributed by atoms with van der Waals surface area (Å²) in [7, 11) is 1.70. The van der Waals surface area contributed by atoms with Crippen molar-refractivity contribution >= 4 is 23.2 Å². The topological polar surface area (TPSA) is 72.9 Å². The normalized spacial score (nSPS) is 22.5. The first kappa shape index (κ1) is 22.3. The van der Waals surface area contributed by atoms with Crippen molar-refractivity contribution in [2.45, 2.75) is 69.9 Å². The lowest BCUT2D eigenvalue weighted by molar-refractivity contribution is -0.133. The number of benzene rings is 1. The molecule has 2 aliphatic carbocycles. The van der Waals surface area contributed by atoms with Crippen LogP contribution in [0.3, 0.4) is 0 Å². The van der Waals surface area contributed by atoms with Crippen molar-refractivity contribution < 1.29 is 19.0 Å². The monoisotopic (exact) mass is 453 g/mol. The SMILES string of the molecule is COc1cc2c3c(c(NC4CCCC4OC=O)nc2cc1OCCCN1CCCC1)CCC3. The summed E-state index contributed by atoms with van der Waals surface area (Å²) in [5.74, 6) is 2.47. The van der Waals surface area contributed by atoms with E-state index in [9.17, 15) is 4.79 Å². The molecule has 178 valence electrons. The summed E-state index contributed by atoms with van der Waals surface area (Å²) < 4.78 is 17.2. The number of ether oxygens (including phenoxy) is 3. The Kier molecular flexibility index (Phi) is 6.85. The molecule has 3 aliphatic rings. The molecule has 0 bridgehead atoms. The summed E-state index contributed by atoms with van der Waals surface area (Å²) in [5.41, 5.74) is 3.58. The molecule has 7 heteroatoms.